The third-order valence-electron chi connectivity index (χ3n) is 4.22. The summed E-state index contributed by atoms with van der Waals surface area (Å²) in [5.74, 6) is 0.948. The van der Waals surface area contributed by atoms with Crippen LogP contribution >= 0.6 is 24.0 Å². The van der Waals surface area contributed by atoms with Gasteiger partial charge in [0.1, 0.15) is 5.75 Å². The van der Waals surface area contributed by atoms with Gasteiger partial charge < -0.3 is 24.7 Å². The standard InChI is InChI=1S/C21H28F2N4O3.HI/c1-4-24-21(26-12-5-11-25-19(28)18-15(2)10-13-29-18)27(3)14-16-6-8-17(9-7-16)30-20(22)23;/h6-10,13,20H,4-5,11-12,14H2,1-3H3,(H,24,26)(H,25,28);1H. The predicted molar refractivity (Wildman–Crippen MR) is 126 cm³/mol. The molecule has 0 saturated carbocycles. The van der Waals surface area contributed by atoms with Crippen molar-refractivity contribution in [1.82, 2.24) is 15.5 Å². The lowest BCUT2D eigenvalue weighted by molar-refractivity contribution is -0.0498. The summed E-state index contributed by atoms with van der Waals surface area (Å²) < 4.78 is 34.0. The van der Waals surface area contributed by atoms with Gasteiger partial charge in [-0.3, -0.25) is 9.79 Å². The van der Waals surface area contributed by atoms with Gasteiger partial charge in [-0.15, -0.1) is 24.0 Å². The number of halogens is 3. The Labute approximate surface area is 198 Å². The van der Waals surface area contributed by atoms with Crippen molar-refractivity contribution in [3.63, 3.8) is 0 Å². The van der Waals surface area contributed by atoms with Gasteiger partial charge in [0, 0.05) is 38.8 Å². The number of furan rings is 1. The van der Waals surface area contributed by atoms with Gasteiger partial charge in [-0.2, -0.15) is 8.78 Å². The normalized spacial score (nSPS) is 11.1. The van der Waals surface area contributed by atoms with Gasteiger partial charge >= 0.3 is 6.61 Å². The number of carbonyl (C=O) groups is 1. The lowest BCUT2D eigenvalue weighted by Gasteiger charge is -2.22. The number of amides is 1. The maximum Gasteiger partial charge on any atom is 0.387 e. The number of benzene rings is 1. The summed E-state index contributed by atoms with van der Waals surface area (Å²) in [6, 6.07) is 8.26. The molecule has 2 aromatic rings. The van der Waals surface area contributed by atoms with E-state index in [2.05, 4.69) is 20.4 Å². The Balaban J connectivity index is 0.00000480. The number of hydrogen-bond donors (Lipinski definition) is 2. The van der Waals surface area contributed by atoms with Gasteiger partial charge in [0.05, 0.1) is 6.26 Å². The second-order valence-corrected chi connectivity index (χ2v) is 6.66. The predicted octanol–water partition coefficient (Wildman–Crippen LogP) is 4.02. The van der Waals surface area contributed by atoms with Crippen LogP contribution in [0.3, 0.4) is 0 Å². The molecule has 0 spiro atoms. The second kappa shape index (κ2) is 13.8. The van der Waals surface area contributed by atoms with Crippen molar-refractivity contribution >= 4 is 35.8 Å². The molecule has 7 nitrogen and oxygen atoms in total. The maximum atomic E-state index is 12.2. The number of alkyl halides is 2. The molecule has 0 aliphatic heterocycles. The number of nitrogens with zero attached hydrogens (tertiary/aromatic N) is 2. The van der Waals surface area contributed by atoms with E-state index < -0.39 is 6.61 Å². The molecule has 0 bridgehead atoms. The van der Waals surface area contributed by atoms with E-state index in [1.54, 1.807) is 18.2 Å². The molecule has 0 fully saturated rings. The number of aliphatic imine (C=N–C) groups is 1. The number of rotatable bonds is 10. The van der Waals surface area contributed by atoms with E-state index in [4.69, 9.17) is 4.42 Å². The SMILES string of the molecule is CCNC(=NCCCNC(=O)c1occc1C)N(C)Cc1ccc(OC(F)F)cc1.I. The number of hydrogen-bond acceptors (Lipinski definition) is 4. The summed E-state index contributed by atoms with van der Waals surface area (Å²) in [6.07, 6.45) is 2.17. The topological polar surface area (TPSA) is 79.1 Å². The summed E-state index contributed by atoms with van der Waals surface area (Å²) in [5, 5.41) is 6.04. The Kier molecular flexibility index (Phi) is 11.9. The highest BCUT2D eigenvalue weighted by Crippen LogP contribution is 2.15. The smallest absolute Gasteiger partial charge is 0.387 e. The van der Waals surface area contributed by atoms with Crippen LogP contribution in [0, 0.1) is 6.92 Å². The molecule has 0 radical (unpaired) electrons. The van der Waals surface area contributed by atoms with Crippen molar-refractivity contribution in [2.45, 2.75) is 33.4 Å². The first-order valence-corrected chi connectivity index (χ1v) is 9.76. The first kappa shape index (κ1) is 26.7. The van der Waals surface area contributed by atoms with Crippen LogP contribution in [0.25, 0.3) is 0 Å². The third-order valence-corrected chi connectivity index (χ3v) is 4.22. The van der Waals surface area contributed by atoms with Crippen LogP contribution in [0.5, 0.6) is 5.75 Å². The highest BCUT2D eigenvalue weighted by atomic mass is 127. The van der Waals surface area contributed by atoms with Crippen LogP contribution in [-0.4, -0.2) is 50.1 Å². The zero-order chi connectivity index (χ0) is 21.9. The van der Waals surface area contributed by atoms with Crippen molar-refractivity contribution in [2.24, 2.45) is 4.99 Å². The van der Waals surface area contributed by atoms with Crippen molar-refractivity contribution < 1.29 is 22.7 Å². The van der Waals surface area contributed by atoms with Crippen molar-refractivity contribution in [3.8, 4) is 5.75 Å². The average molecular weight is 550 g/mol. The second-order valence-electron chi connectivity index (χ2n) is 6.66. The summed E-state index contributed by atoms with van der Waals surface area (Å²) in [5.41, 5.74) is 1.74. The van der Waals surface area contributed by atoms with Crippen LogP contribution < -0.4 is 15.4 Å². The molecule has 1 heterocycles. The number of aryl methyl sites for hydroxylation is 1. The molecule has 31 heavy (non-hydrogen) atoms. The first-order valence-electron chi connectivity index (χ1n) is 9.76. The summed E-state index contributed by atoms with van der Waals surface area (Å²) in [4.78, 5) is 18.5. The van der Waals surface area contributed by atoms with Crippen LogP contribution in [0.15, 0.2) is 46.0 Å². The molecule has 1 aromatic carbocycles. The molecule has 0 aliphatic rings. The number of ether oxygens (including phenoxy) is 1. The minimum Gasteiger partial charge on any atom is -0.459 e. The Morgan fingerprint density at radius 1 is 1.23 bits per heavy atom. The highest BCUT2D eigenvalue weighted by molar-refractivity contribution is 14.0. The summed E-state index contributed by atoms with van der Waals surface area (Å²) in [7, 11) is 1.90. The van der Waals surface area contributed by atoms with E-state index in [9.17, 15) is 13.6 Å². The molecule has 0 aliphatic carbocycles. The van der Waals surface area contributed by atoms with Gasteiger partial charge in [-0.25, -0.2) is 0 Å². The average Bonchev–Trinajstić information content (AvgIpc) is 3.13. The molecule has 172 valence electrons. The summed E-state index contributed by atoms with van der Waals surface area (Å²) in [6.45, 7) is 3.24. The lowest BCUT2D eigenvalue weighted by Crippen LogP contribution is -2.38. The van der Waals surface area contributed by atoms with Gasteiger partial charge in [0.25, 0.3) is 5.91 Å². The molecule has 2 N–H and O–H groups in total. The number of nitrogens with one attached hydrogen (secondary N) is 2. The highest BCUT2D eigenvalue weighted by Gasteiger charge is 2.11. The fraction of sp³-hybridized carbons (Fsp3) is 0.429. The minimum absolute atomic E-state index is 0. The zero-order valence-electron chi connectivity index (χ0n) is 17.9. The lowest BCUT2D eigenvalue weighted by atomic mass is 10.2. The molecular weight excluding hydrogens is 521 g/mol. The quantitative estimate of drug-likeness (QED) is 0.202. The van der Waals surface area contributed by atoms with E-state index in [-0.39, 0.29) is 35.6 Å². The molecular formula is C21H29F2IN4O3. The summed E-state index contributed by atoms with van der Waals surface area (Å²) >= 11 is 0. The largest absolute Gasteiger partial charge is 0.459 e. The van der Waals surface area contributed by atoms with Gasteiger partial charge in [-0.05, 0) is 44.0 Å². The Bertz CT molecular complexity index is 828. The van der Waals surface area contributed by atoms with Gasteiger partial charge in [0.15, 0.2) is 11.7 Å². The Hall–Kier alpha value is -2.37. The Morgan fingerprint density at radius 3 is 2.52 bits per heavy atom. The van der Waals surface area contributed by atoms with Crippen LogP contribution in [0.4, 0.5) is 8.78 Å². The zero-order valence-corrected chi connectivity index (χ0v) is 20.2. The fourth-order valence-electron chi connectivity index (χ4n) is 2.75. The van der Waals surface area contributed by atoms with E-state index in [0.29, 0.717) is 38.4 Å². The van der Waals surface area contributed by atoms with Crippen LogP contribution in [0.1, 0.15) is 35.0 Å². The molecule has 0 atom stereocenters. The van der Waals surface area contributed by atoms with E-state index in [1.165, 1.54) is 18.4 Å². The van der Waals surface area contributed by atoms with Gasteiger partial charge in [-0.1, -0.05) is 12.1 Å². The monoisotopic (exact) mass is 550 g/mol. The maximum absolute atomic E-state index is 12.2. The molecule has 0 unspecified atom stereocenters. The number of carbonyl (C=O) groups excluding carboxylic acids is 1. The molecule has 1 aromatic heterocycles. The molecule has 2 rings (SSSR count). The van der Waals surface area contributed by atoms with Crippen molar-refractivity contribution in [2.75, 3.05) is 26.7 Å². The van der Waals surface area contributed by atoms with E-state index >= 15 is 0 Å². The number of guanidine groups is 1. The molecule has 0 saturated heterocycles. The third kappa shape index (κ3) is 9.11. The Morgan fingerprint density at radius 2 is 1.94 bits per heavy atom. The minimum atomic E-state index is -2.83. The van der Waals surface area contributed by atoms with Crippen LogP contribution in [-0.2, 0) is 6.54 Å². The van der Waals surface area contributed by atoms with E-state index in [0.717, 1.165) is 17.1 Å². The van der Waals surface area contributed by atoms with Crippen LogP contribution in [0.2, 0.25) is 0 Å². The first-order chi connectivity index (χ1) is 14.4. The van der Waals surface area contributed by atoms with Crippen molar-refractivity contribution in [1.29, 1.82) is 0 Å². The van der Waals surface area contributed by atoms with E-state index in [1.807, 2.05) is 25.8 Å². The van der Waals surface area contributed by atoms with Crippen molar-refractivity contribution in [3.05, 3.63) is 53.5 Å². The van der Waals surface area contributed by atoms with Gasteiger partial charge in [0.2, 0.25) is 0 Å². The molecule has 1 amide bonds. The fourth-order valence-corrected chi connectivity index (χ4v) is 2.75. The molecule has 10 heteroatoms.